The third-order valence-electron chi connectivity index (χ3n) is 4.11. The Bertz CT molecular complexity index is 1010. The van der Waals surface area contributed by atoms with E-state index >= 15 is 0 Å². The van der Waals surface area contributed by atoms with Crippen molar-refractivity contribution < 1.29 is 9.50 Å². The second-order valence-corrected chi connectivity index (χ2v) is 5.60. The normalized spacial score (nSPS) is 10.6. The molecule has 1 N–H and O–H groups in total. The summed E-state index contributed by atoms with van der Waals surface area (Å²) in [5, 5.41) is 9.47. The number of nitrogens with zero attached hydrogens (tertiary/aromatic N) is 2. The monoisotopic (exact) mass is 354 g/mol. The molecular weight excluding hydrogens is 339 g/mol. The van der Waals surface area contributed by atoms with Gasteiger partial charge in [0.2, 0.25) is 0 Å². The van der Waals surface area contributed by atoms with Crippen LogP contribution in [-0.2, 0) is 6.61 Å². The largest absolute Gasteiger partial charge is 0.392 e. The predicted molar refractivity (Wildman–Crippen MR) is 99.2 cm³/mol. The van der Waals surface area contributed by atoms with Gasteiger partial charge >= 0.3 is 0 Å². The molecule has 0 bridgehead atoms. The van der Waals surface area contributed by atoms with Gasteiger partial charge in [0.25, 0.3) is 0 Å². The van der Waals surface area contributed by atoms with Gasteiger partial charge in [-0.15, -0.1) is 12.4 Å². The Balaban J connectivity index is 0.00000182. The van der Waals surface area contributed by atoms with E-state index in [-0.39, 0.29) is 19.0 Å². The summed E-state index contributed by atoms with van der Waals surface area (Å²) in [4.78, 5) is 4.62. The third-order valence-corrected chi connectivity index (χ3v) is 4.11. The zero-order valence-corrected chi connectivity index (χ0v) is 14.1. The number of aromatic nitrogens is 2. The first kappa shape index (κ1) is 17.1. The SMILES string of the molecule is Cl.OCc1c(F)cccc1-c1ccc2nc(-c3ccccc3)cn2c1. The molecule has 0 radical (unpaired) electrons. The van der Waals surface area contributed by atoms with Crippen LogP contribution in [0.3, 0.4) is 0 Å². The van der Waals surface area contributed by atoms with Crippen LogP contribution in [0.5, 0.6) is 0 Å². The molecular formula is C20H16ClFN2O. The van der Waals surface area contributed by atoms with Gasteiger partial charge in [-0.2, -0.15) is 0 Å². The molecule has 0 aliphatic rings. The van der Waals surface area contributed by atoms with E-state index in [4.69, 9.17) is 0 Å². The molecule has 2 heterocycles. The summed E-state index contributed by atoms with van der Waals surface area (Å²) in [6.07, 6.45) is 3.86. The number of pyridine rings is 1. The smallest absolute Gasteiger partial charge is 0.137 e. The number of fused-ring (bicyclic) bond motifs is 1. The Labute approximate surface area is 150 Å². The van der Waals surface area contributed by atoms with E-state index in [2.05, 4.69) is 4.98 Å². The molecule has 0 spiro atoms. The maximum Gasteiger partial charge on any atom is 0.137 e. The van der Waals surface area contributed by atoms with Gasteiger partial charge < -0.3 is 9.51 Å². The third kappa shape index (κ3) is 3.14. The molecule has 0 atom stereocenters. The van der Waals surface area contributed by atoms with Gasteiger partial charge in [0.15, 0.2) is 0 Å². The maximum absolute atomic E-state index is 13.9. The minimum atomic E-state index is -0.397. The summed E-state index contributed by atoms with van der Waals surface area (Å²) >= 11 is 0. The standard InChI is InChI=1S/C20H15FN2O.ClH/c21-18-8-4-7-16(17(18)13-24)15-9-10-20-22-19(12-23(20)11-15)14-5-2-1-3-6-14;/h1-12,24H,13H2;1H. The number of aliphatic hydroxyl groups excluding tert-OH is 1. The highest BCUT2D eigenvalue weighted by molar-refractivity contribution is 5.85. The van der Waals surface area contributed by atoms with Gasteiger partial charge in [-0.1, -0.05) is 42.5 Å². The Hall–Kier alpha value is -2.69. The molecule has 4 aromatic rings. The lowest BCUT2D eigenvalue weighted by Crippen LogP contribution is -1.95. The highest BCUT2D eigenvalue weighted by Crippen LogP contribution is 2.27. The molecule has 2 aromatic carbocycles. The molecule has 0 amide bonds. The van der Waals surface area contributed by atoms with Crippen molar-refractivity contribution in [1.82, 2.24) is 9.38 Å². The van der Waals surface area contributed by atoms with Crippen molar-refractivity contribution in [2.75, 3.05) is 0 Å². The van der Waals surface area contributed by atoms with Crippen molar-refractivity contribution in [3.8, 4) is 22.4 Å². The fraction of sp³-hybridized carbons (Fsp3) is 0.0500. The van der Waals surface area contributed by atoms with Crippen LogP contribution in [0.15, 0.2) is 73.1 Å². The first-order chi connectivity index (χ1) is 11.8. The lowest BCUT2D eigenvalue weighted by atomic mass is 10.0. The van der Waals surface area contributed by atoms with Crippen LogP contribution in [0.1, 0.15) is 5.56 Å². The molecule has 0 fully saturated rings. The van der Waals surface area contributed by atoms with Crippen LogP contribution in [0.25, 0.3) is 28.0 Å². The summed E-state index contributed by atoms with van der Waals surface area (Å²) in [5.41, 5.74) is 4.58. The van der Waals surface area contributed by atoms with Gasteiger partial charge in [0, 0.05) is 23.5 Å². The van der Waals surface area contributed by atoms with Crippen LogP contribution in [-0.4, -0.2) is 14.5 Å². The molecule has 5 heteroatoms. The molecule has 126 valence electrons. The van der Waals surface area contributed by atoms with Crippen LogP contribution < -0.4 is 0 Å². The summed E-state index contributed by atoms with van der Waals surface area (Å²) < 4.78 is 15.8. The lowest BCUT2D eigenvalue weighted by Gasteiger charge is -2.09. The quantitative estimate of drug-likeness (QED) is 0.578. The van der Waals surface area contributed by atoms with E-state index in [1.54, 1.807) is 6.07 Å². The van der Waals surface area contributed by atoms with Crippen molar-refractivity contribution in [1.29, 1.82) is 0 Å². The fourth-order valence-electron chi connectivity index (χ4n) is 2.89. The van der Waals surface area contributed by atoms with Gasteiger partial charge in [-0.25, -0.2) is 9.37 Å². The van der Waals surface area contributed by atoms with E-state index in [0.29, 0.717) is 11.1 Å². The molecule has 3 nitrogen and oxygen atoms in total. The van der Waals surface area contributed by atoms with Crippen molar-refractivity contribution in [2.24, 2.45) is 0 Å². The molecule has 2 aromatic heterocycles. The maximum atomic E-state index is 13.9. The number of hydrogen-bond acceptors (Lipinski definition) is 2. The number of aliphatic hydroxyl groups is 1. The van der Waals surface area contributed by atoms with Crippen molar-refractivity contribution in [2.45, 2.75) is 6.61 Å². The van der Waals surface area contributed by atoms with Crippen LogP contribution in [0.2, 0.25) is 0 Å². The van der Waals surface area contributed by atoms with E-state index < -0.39 is 5.82 Å². The average molecular weight is 355 g/mol. The van der Waals surface area contributed by atoms with E-state index in [1.165, 1.54) is 6.07 Å². The average Bonchev–Trinajstić information content (AvgIpc) is 3.05. The first-order valence-electron chi connectivity index (χ1n) is 7.69. The second kappa shape index (κ2) is 7.05. The number of rotatable bonds is 3. The minimum absolute atomic E-state index is 0. The number of imidazole rings is 1. The second-order valence-electron chi connectivity index (χ2n) is 5.60. The van der Waals surface area contributed by atoms with E-state index in [0.717, 1.165) is 22.5 Å². The molecule has 25 heavy (non-hydrogen) atoms. The van der Waals surface area contributed by atoms with Crippen molar-refractivity contribution in [3.63, 3.8) is 0 Å². The topological polar surface area (TPSA) is 37.5 Å². The van der Waals surface area contributed by atoms with E-state index in [1.807, 2.05) is 65.3 Å². The Morgan fingerprint density at radius 2 is 1.68 bits per heavy atom. The molecule has 0 aliphatic carbocycles. The van der Waals surface area contributed by atoms with Crippen LogP contribution >= 0.6 is 12.4 Å². The van der Waals surface area contributed by atoms with Crippen molar-refractivity contribution >= 4 is 18.1 Å². The summed E-state index contributed by atoms with van der Waals surface area (Å²) in [6.45, 7) is -0.334. The number of hydrogen-bond donors (Lipinski definition) is 1. The summed E-state index contributed by atoms with van der Waals surface area (Å²) in [5.74, 6) is -0.397. The first-order valence-corrected chi connectivity index (χ1v) is 7.69. The van der Waals surface area contributed by atoms with Crippen LogP contribution in [0, 0.1) is 5.82 Å². The zero-order valence-electron chi connectivity index (χ0n) is 13.3. The van der Waals surface area contributed by atoms with Gasteiger partial charge in [0.1, 0.15) is 11.5 Å². The molecule has 0 saturated carbocycles. The minimum Gasteiger partial charge on any atom is -0.392 e. The molecule has 0 saturated heterocycles. The van der Waals surface area contributed by atoms with Crippen LogP contribution in [0.4, 0.5) is 4.39 Å². The molecule has 0 aliphatic heterocycles. The molecule has 0 unspecified atom stereocenters. The van der Waals surface area contributed by atoms with Crippen molar-refractivity contribution in [3.05, 3.63) is 84.4 Å². The van der Waals surface area contributed by atoms with Gasteiger partial charge in [-0.05, 0) is 29.3 Å². The summed E-state index contributed by atoms with van der Waals surface area (Å²) in [6, 6.07) is 18.6. The molecule has 4 rings (SSSR count). The highest BCUT2D eigenvalue weighted by Gasteiger charge is 2.11. The summed E-state index contributed by atoms with van der Waals surface area (Å²) in [7, 11) is 0. The van der Waals surface area contributed by atoms with Gasteiger partial charge in [-0.3, -0.25) is 0 Å². The van der Waals surface area contributed by atoms with E-state index in [9.17, 15) is 9.50 Å². The zero-order chi connectivity index (χ0) is 16.5. The Kier molecular flexibility index (Phi) is 4.83. The Morgan fingerprint density at radius 3 is 2.44 bits per heavy atom. The fourth-order valence-corrected chi connectivity index (χ4v) is 2.89. The number of benzene rings is 2. The highest BCUT2D eigenvalue weighted by atomic mass is 35.5. The Morgan fingerprint density at radius 1 is 0.880 bits per heavy atom. The predicted octanol–water partition coefficient (Wildman–Crippen LogP) is 4.72. The number of halogens is 2. The lowest BCUT2D eigenvalue weighted by molar-refractivity contribution is 0.276. The van der Waals surface area contributed by atoms with Gasteiger partial charge in [0.05, 0.1) is 12.3 Å².